The van der Waals surface area contributed by atoms with E-state index < -0.39 is 31.1 Å². The third kappa shape index (κ3) is 6.68. The van der Waals surface area contributed by atoms with E-state index in [2.05, 4.69) is 19.9 Å². The average molecular weight is 386 g/mol. The highest BCUT2D eigenvalue weighted by molar-refractivity contribution is 5.82. The molecule has 0 aliphatic carbocycles. The van der Waals surface area contributed by atoms with E-state index in [4.69, 9.17) is 4.52 Å². The van der Waals surface area contributed by atoms with E-state index in [0.717, 1.165) is 0 Å². The Hall–Kier alpha value is -2.98. The molecular weight excluding hydrogens is 369 g/mol. The summed E-state index contributed by atoms with van der Waals surface area (Å²) in [5.74, 6) is -1.44. The number of carbonyl (C=O) groups excluding carboxylic acids is 2. The molecule has 0 saturated heterocycles. The van der Waals surface area contributed by atoms with Gasteiger partial charge in [0, 0.05) is 30.8 Å². The van der Waals surface area contributed by atoms with Crippen LogP contribution in [0.1, 0.15) is 19.2 Å². The second kappa shape index (κ2) is 9.10. The monoisotopic (exact) mass is 386 g/mol. The van der Waals surface area contributed by atoms with E-state index in [1.165, 1.54) is 13.1 Å². The van der Waals surface area contributed by atoms with Crippen LogP contribution in [0.15, 0.2) is 29.0 Å². The number of hydrogen-bond acceptors (Lipinski definition) is 7. The minimum atomic E-state index is -4.64. The summed E-state index contributed by atoms with van der Waals surface area (Å²) in [4.78, 5) is 32.0. The Labute approximate surface area is 152 Å². The minimum absolute atomic E-state index is 0.00594. The van der Waals surface area contributed by atoms with Crippen molar-refractivity contribution < 1.29 is 32.0 Å². The van der Waals surface area contributed by atoms with Gasteiger partial charge in [-0.2, -0.15) is 18.2 Å². The van der Waals surface area contributed by atoms with Crippen molar-refractivity contribution >= 4 is 11.9 Å². The van der Waals surface area contributed by atoms with Crippen molar-refractivity contribution in [1.82, 2.24) is 20.0 Å². The molecule has 11 heteroatoms. The van der Waals surface area contributed by atoms with E-state index in [9.17, 15) is 22.8 Å². The Balaban J connectivity index is 1.98. The predicted molar refractivity (Wildman–Crippen MR) is 85.1 cm³/mol. The van der Waals surface area contributed by atoms with Crippen molar-refractivity contribution in [3.8, 4) is 11.4 Å². The average Bonchev–Trinajstić information content (AvgIpc) is 3.08. The van der Waals surface area contributed by atoms with Crippen LogP contribution in [0.5, 0.6) is 0 Å². The first kappa shape index (κ1) is 20.3. The highest BCUT2D eigenvalue weighted by Crippen LogP contribution is 2.18. The first-order valence-electron chi connectivity index (χ1n) is 8.01. The molecule has 0 aromatic carbocycles. The third-order valence-electron chi connectivity index (χ3n) is 3.29. The van der Waals surface area contributed by atoms with E-state index in [0.29, 0.717) is 10.5 Å². The summed E-state index contributed by atoms with van der Waals surface area (Å²) in [6, 6.07) is 3.39. The van der Waals surface area contributed by atoms with Crippen molar-refractivity contribution in [3.05, 3.63) is 30.4 Å². The van der Waals surface area contributed by atoms with Crippen LogP contribution in [-0.4, -0.2) is 57.8 Å². The summed E-state index contributed by atoms with van der Waals surface area (Å²) in [5.41, 5.74) is 0.597. The van der Waals surface area contributed by atoms with Gasteiger partial charge in [0.25, 0.3) is 0 Å². The number of amides is 1. The standard InChI is InChI=1S/C16H17F3N4O4/c1-2-26-14(25)9-23(10-16(17,18)19)13(24)6-5-12-21-15(22-27-12)11-4-3-7-20-8-11/h3-4,7-8H,2,5-6,9-10H2,1H3. The van der Waals surface area contributed by atoms with Crippen LogP contribution in [0.2, 0.25) is 0 Å². The zero-order valence-electron chi connectivity index (χ0n) is 14.4. The first-order valence-corrected chi connectivity index (χ1v) is 8.01. The lowest BCUT2D eigenvalue weighted by molar-refractivity contribution is -0.167. The maximum atomic E-state index is 12.7. The number of rotatable bonds is 8. The zero-order chi connectivity index (χ0) is 19.9. The summed E-state index contributed by atoms with van der Waals surface area (Å²) >= 11 is 0. The summed E-state index contributed by atoms with van der Waals surface area (Å²) in [5, 5.41) is 3.74. The van der Waals surface area contributed by atoms with E-state index >= 15 is 0 Å². The van der Waals surface area contributed by atoms with Crippen molar-refractivity contribution in [2.75, 3.05) is 19.7 Å². The molecule has 0 saturated carbocycles. The van der Waals surface area contributed by atoms with Gasteiger partial charge >= 0.3 is 12.1 Å². The van der Waals surface area contributed by atoms with Crippen LogP contribution in [-0.2, 0) is 20.7 Å². The van der Waals surface area contributed by atoms with Crippen LogP contribution in [0.4, 0.5) is 13.2 Å². The van der Waals surface area contributed by atoms with Crippen molar-refractivity contribution in [1.29, 1.82) is 0 Å². The van der Waals surface area contributed by atoms with Gasteiger partial charge in [0.1, 0.15) is 13.1 Å². The largest absolute Gasteiger partial charge is 0.465 e. The van der Waals surface area contributed by atoms with Crippen LogP contribution in [0.25, 0.3) is 11.4 Å². The molecule has 0 N–H and O–H groups in total. The maximum absolute atomic E-state index is 12.7. The van der Waals surface area contributed by atoms with Gasteiger partial charge < -0.3 is 14.2 Å². The van der Waals surface area contributed by atoms with Crippen molar-refractivity contribution in [2.24, 2.45) is 0 Å². The number of aromatic nitrogens is 3. The van der Waals surface area contributed by atoms with Gasteiger partial charge in [-0.3, -0.25) is 14.6 Å². The van der Waals surface area contributed by atoms with Crippen LogP contribution in [0, 0.1) is 0 Å². The van der Waals surface area contributed by atoms with Crippen molar-refractivity contribution in [3.63, 3.8) is 0 Å². The predicted octanol–water partition coefficient (Wildman–Crippen LogP) is 2.02. The fourth-order valence-corrected chi connectivity index (χ4v) is 2.15. The molecule has 8 nitrogen and oxygen atoms in total. The molecule has 0 spiro atoms. The minimum Gasteiger partial charge on any atom is -0.465 e. The molecule has 0 aliphatic rings. The molecule has 0 radical (unpaired) electrons. The summed E-state index contributed by atoms with van der Waals surface area (Å²) in [6.07, 6.45) is -1.94. The number of aryl methyl sites for hydroxylation is 1. The lowest BCUT2D eigenvalue weighted by atomic mass is 10.2. The number of halogens is 3. The molecule has 0 unspecified atom stereocenters. The van der Waals surface area contributed by atoms with Gasteiger partial charge in [0.15, 0.2) is 0 Å². The fraction of sp³-hybridized carbons (Fsp3) is 0.438. The van der Waals surface area contributed by atoms with Gasteiger partial charge in [0.2, 0.25) is 17.6 Å². The van der Waals surface area contributed by atoms with Gasteiger partial charge in [0.05, 0.1) is 6.61 Å². The zero-order valence-corrected chi connectivity index (χ0v) is 14.4. The molecule has 2 rings (SSSR count). The highest BCUT2D eigenvalue weighted by atomic mass is 19.4. The Kier molecular flexibility index (Phi) is 6.85. The molecule has 0 atom stereocenters. The lowest BCUT2D eigenvalue weighted by Gasteiger charge is -2.22. The SMILES string of the molecule is CCOC(=O)CN(CC(F)(F)F)C(=O)CCc1nc(-c2cccnc2)no1. The van der Waals surface area contributed by atoms with E-state index in [1.54, 1.807) is 18.3 Å². The molecule has 146 valence electrons. The molecule has 2 aromatic rings. The number of nitrogens with zero attached hydrogens (tertiary/aromatic N) is 4. The Morgan fingerprint density at radius 3 is 2.74 bits per heavy atom. The number of ether oxygens (including phenoxy) is 1. The van der Waals surface area contributed by atoms with Crippen LogP contribution in [0.3, 0.4) is 0 Å². The number of pyridine rings is 1. The number of carbonyl (C=O) groups is 2. The fourth-order valence-electron chi connectivity index (χ4n) is 2.15. The molecule has 0 bridgehead atoms. The molecule has 0 aliphatic heterocycles. The molecule has 2 heterocycles. The van der Waals surface area contributed by atoms with Crippen LogP contribution >= 0.6 is 0 Å². The van der Waals surface area contributed by atoms with Crippen molar-refractivity contribution in [2.45, 2.75) is 25.9 Å². The normalized spacial score (nSPS) is 11.3. The summed E-state index contributed by atoms with van der Waals surface area (Å²) in [7, 11) is 0. The molecule has 1 amide bonds. The van der Waals surface area contributed by atoms with Gasteiger partial charge in [-0.15, -0.1) is 0 Å². The number of alkyl halides is 3. The lowest BCUT2D eigenvalue weighted by Crippen LogP contribution is -2.42. The number of esters is 1. The maximum Gasteiger partial charge on any atom is 0.406 e. The van der Waals surface area contributed by atoms with Gasteiger partial charge in [-0.1, -0.05) is 5.16 Å². The van der Waals surface area contributed by atoms with Gasteiger partial charge in [-0.25, -0.2) is 0 Å². The van der Waals surface area contributed by atoms with E-state index in [1.807, 2.05) is 0 Å². The first-order chi connectivity index (χ1) is 12.8. The molecule has 27 heavy (non-hydrogen) atoms. The van der Waals surface area contributed by atoms with Gasteiger partial charge in [-0.05, 0) is 19.1 Å². The van der Waals surface area contributed by atoms with Crippen LogP contribution < -0.4 is 0 Å². The summed E-state index contributed by atoms with van der Waals surface area (Å²) < 4.78 is 47.6. The quantitative estimate of drug-likeness (QED) is 0.640. The second-order valence-corrected chi connectivity index (χ2v) is 5.42. The second-order valence-electron chi connectivity index (χ2n) is 5.42. The smallest absolute Gasteiger partial charge is 0.406 e. The number of hydrogen-bond donors (Lipinski definition) is 0. The molecule has 2 aromatic heterocycles. The third-order valence-corrected chi connectivity index (χ3v) is 3.29. The molecular formula is C16H17F3N4O4. The molecule has 0 fully saturated rings. The Morgan fingerprint density at radius 1 is 1.33 bits per heavy atom. The topological polar surface area (TPSA) is 98.4 Å². The van der Waals surface area contributed by atoms with E-state index in [-0.39, 0.29) is 31.2 Å². The summed E-state index contributed by atoms with van der Waals surface area (Å²) in [6.45, 7) is -0.804. The Morgan fingerprint density at radius 2 is 2.11 bits per heavy atom. The highest BCUT2D eigenvalue weighted by Gasteiger charge is 2.34. The Bertz CT molecular complexity index is 765.